The second kappa shape index (κ2) is 6.39. The van der Waals surface area contributed by atoms with Gasteiger partial charge in [-0.15, -0.1) is 0 Å². The molecular formula is C17H20ClNO3. The number of Topliss-reactive ketones (excluding diaryl/α,β-unsaturated/α-hetero) is 1. The monoisotopic (exact) mass is 321 g/mol. The van der Waals surface area contributed by atoms with Crippen molar-refractivity contribution in [2.24, 2.45) is 0 Å². The van der Waals surface area contributed by atoms with Crippen LogP contribution in [0.1, 0.15) is 31.2 Å². The van der Waals surface area contributed by atoms with Crippen molar-refractivity contribution < 1.29 is 14.3 Å². The molecule has 1 atom stereocenters. The molecule has 4 nitrogen and oxygen atoms in total. The quantitative estimate of drug-likeness (QED) is 0.859. The van der Waals surface area contributed by atoms with Gasteiger partial charge in [-0.3, -0.25) is 9.59 Å². The Bertz CT molecular complexity index is 581. The van der Waals surface area contributed by atoms with E-state index in [0.717, 1.165) is 18.4 Å². The number of piperidine rings is 1. The Morgan fingerprint density at radius 3 is 2.91 bits per heavy atom. The van der Waals surface area contributed by atoms with Crippen molar-refractivity contribution in [1.29, 1.82) is 0 Å². The van der Waals surface area contributed by atoms with Crippen molar-refractivity contribution >= 4 is 23.3 Å². The Balaban J connectivity index is 1.54. The van der Waals surface area contributed by atoms with Crippen molar-refractivity contribution in [1.82, 2.24) is 4.90 Å². The van der Waals surface area contributed by atoms with Crippen LogP contribution in [0.4, 0.5) is 0 Å². The molecule has 1 spiro atoms. The summed E-state index contributed by atoms with van der Waals surface area (Å²) in [5.41, 5.74) is 0.448. The molecule has 5 heteroatoms. The first-order valence-corrected chi connectivity index (χ1v) is 8.16. The lowest BCUT2D eigenvalue weighted by Gasteiger charge is -2.37. The Morgan fingerprint density at radius 2 is 2.23 bits per heavy atom. The Morgan fingerprint density at radius 1 is 1.36 bits per heavy atom. The summed E-state index contributed by atoms with van der Waals surface area (Å²) in [7, 11) is 0. The number of aryl methyl sites for hydroxylation is 1. The van der Waals surface area contributed by atoms with E-state index in [1.165, 1.54) is 0 Å². The van der Waals surface area contributed by atoms with Crippen molar-refractivity contribution in [2.45, 2.75) is 37.7 Å². The molecule has 118 valence electrons. The topological polar surface area (TPSA) is 46.6 Å². The molecule has 22 heavy (non-hydrogen) atoms. The van der Waals surface area contributed by atoms with Crippen molar-refractivity contribution in [3.8, 4) is 0 Å². The number of halogens is 1. The lowest BCUT2D eigenvalue weighted by atomic mass is 9.87. The van der Waals surface area contributed by atoms with E-state index < -0.39 is 5.60 Å². The number of likely N-dealkylation sites (tertiary alicyclic amines) is 1. The number of ether oxygens (including phenoxy) is 1. The third-order valence-electron chi connectivity index (χ3n) is 4.60. The maximum absolute atomic E-state index is 12.3. The van der Waals surface area contributed by atoms with E-state index >= 15 is 0 Å². The number of benzene rings is 1. The molecule has 2 fully saturated rings. The highest BCUT2D eigenvalue weighted by molar-refractivity contribution is 6.30. The fourth-order valence-electron chi connectivity index (χ4n) is 3.28. The number of amides is 1. The molecule has 3 rings (SSSR count). The molecule has 0 saturated carbocycles. The molecule has 1 aromatic rings. The minimum Gasteiger partial charge on any atom is -0.367 e. The van der Waals surface area contributed by atoms with E-state index in [9.17, 15) is 9.59 Å². The van der Waals surface area contributed by atoms with E-state index in [1.807, 2.05) is 24.3 Å². The average molecular weight is 322 g/mol. The Labute approximate surface area is 135 Å². The highest BCUT2D eigenvalue weighted by Crippen LogP contribution is 2.33. The van der Waals surface area contributed by atoms with E-state index in [2.05, 4.69) is 0 Å². The first-order chi connectivity index (χ1) is 10.6. The summed E-state index contributed by atoms with van der Waals surface area (Å²) in [5, 5.41) is 0.679. The highest BCUT2D eigenvalue weighted by Gasteiger charge is 2.46. The number of nitrogens with zero attached hydrogens (tertiary/aromatic N) is 1. The van der Waals surface area contributed by atoms with E-state index in [0.29, 0.717) is 37.4 Å². The fraction of sp³-hybridized carbons (Fsp3) is 0.529. The van der Waals surface area contributed by atoms with Gasteiger partial charge in [0.15, 0.2) is 5.78 Å². The summed E-state index contributed by atoms with van der Waals surface area (Å²) >= 11 is 5.94. The number of carbonyl (C=O) groups is 2. The zero-order chi connectivity index (χ0) is 15.6. The second-order valence-electron chi connectivity index (χ2n) is 6.06. The summed E-state index contributed by atoms with van der Waals surface area (Å²) in [5.74, 6) is 0.0912. The molecule has 1 unspecified atom stereocenters. The third kappa shape index (κ3) is 3.18. The average Bonchev–Trinajstić information content (AvgIpc) is 2.98. The predicted molar refractivity (Wildman–Crippen MR) is 83.9 cm³/mol. The van der Waals surface area contributed by atoms with E-state index in [1.54, 1.807) is 4.90 Å². The lowest BCUT2D eigenvalue weighted by molar-refractivity contribution is -0.152. The van der Waals surface area contributed by atoms with Gasteiger partial charge in [0.2, 0.25) is 5.91 Å². The van der Waals surface area contributed by atoms with Gasteiger partial charge < -0.3 is 9.64 Å². The zero-order valence-electron chi connectivity index (χ0n) is 12.5. The van der Waals surface area contributed by atoms with Gasteiger partial charge in [0.1, 0.15) is 5.60 Å². The molecule has 0 radical (unpaired) electrons. The van der Waals surface area contributed by atoms with Crippen LogP contribution < -0.4 is 0 Å². The molecule has 2 heterocycles. The third-order valence-corrected chi connectivity index (χ3v) is 4.84. The van der Waals surface area contributed by atoms with Gasteiger partial charge in [0.25, 0.3) is 0 Å². The number of hydrogen-bond donors (Lipinski definition) is 0. The predicted octanol–water partition coefficient (Wildman–Crippen LogP) is 2.62. The van der Waals surface area contributed by atoms with Gasteiger partial charge in [0.05, 0.1) is 6.54 Å². The SMILES string of the molecule is O=C(CCc1cccc(Cl)c1)N1CCC2(CCCO2)C(=O)C1. The van der Waals surface area contributed by atoms with Gasteiger partial charge in [0, 0.05) is 31.0 Å². The molecular weight excluding hydrogens is 302 g/mol. The summed E-state index contributed by atoms with van der Waals surface area (Å²) in [6, 6.07) is 7.53. The maximum atomic E-state index is 12.3. The standard InChI is InChI=1S/C17H20ClNO3/c18-14-4-1-3-13(11-14)5-6-16(21)19-9-8-17(15(20)12-19)7-2-10-22-17/h1,3-4,11H,2,5-10,12H2. The number of carbonyl (C=O) groups excluding carboxylic acids is 2. The van der Waals surface area contributed by atoms with E-state index in [4.69, 9.17) is 16.3 Å². The summed E-state index contributed by atoms with van der Waals surface area (Å²) in [6.45, 7) is 1.46. The molecule has 1 amide bonds. The Kier molecular flexibility index (Phi) is 4.50. The summed E-state index contributed by atoms with van der Waals surface area (Å²) in [4.78, 5) is 26.3. The second-order valence-corrected chi connectivity index (χ2v) is 6.50. The van der Waals surface area contributed by atoms with Crippen LogP contribution in [0.25, 0.3) is 0 Å². The Hall–Kier alpha value is -1.39. The summed E-state index contributed by atoms with van der Waals surface area (Å²) < 4.78 is 5.66. The smallest absolute Gasteiger partial charge is 0.223 e. The number of hydrogen-bond acceptors (Lipinski definition) is 3. The van der Waals surface area contributed by atoms with Crippen molar-refractivity contribution in [3.05, 3.63) is 34.9 Å². The molecule has 2 aliphatic heterocycles. The highest BCUT2D eigenvalue weighted by atomic mass is 35.5. The van der Waals surface area contributed by atoms with Crippen LogP contribution in [0.5, 0.6) is 0 Å². The molecule has 2 saturated heterocycles. The normalized spacial score (nSPS) is 25.0. The molecule has 2 aliphatic rings. The first kappa shape index (κ1) is 15.5. The van der Waals surface area contributed by atoms with Crippen molar-refractivity contribution in [2.75, 3.05) is 19.7 Å². The van der Waals surface area contributed by atoms with Crippen LogP contribution in [0, 0.1) is 0 Å². The van der Waals surface area contributed by atoms with E-state index in [-0.39, 0.29) is 18.2 Å². The summed E-state index contributed by atoms with van der Waals surface area (Å²) in [6.07, 6.45) is 3.42. The molecule has 1 aromatic carbocycles. The van der Waals surface area contributed by atoms with Gasteiger partial charge in [-0.05, 0) is 37.0 Å². The van der Waals surface area contributed by atoms with Gasteiger partial charge in [-0.1, -0.05) is 23.7 Å². The van der Waals surface area contributed by atoms with Crippen LogP contribution in [-0.4, -0.2) is 41.9 Å². The molecule has 0 N–H and O–H groups in total. The lowest BCUT2D eigenvalue weighted by Crippen LogP contribution is -2.53. The number of ketones is 1. The number of rotatable bonds is 3. The zero-order valence-corrected chi connectivity index (χ0v) is 13.3. The minimum absolute atomic E-state index is 0.0289. The van der Waals surface area contributed by atoms with Crippen molar-refractivity contribution in [3.63, 3.8) is 0 Å². The maximum Gasteiger partial charge on any atom is 0.223 e. The van der Waals surface area contributed by atoms with Gasteiger partial charge >= 0.3 is 0 Å². The van der Waals surface area contributed by atoms with Gasteiger partial charge in [-0.25, -0.2) is 0 Å². The fourth-order valence-corrected chi connectivity index (χ4v) is 3.49. The van der Waals surface area contributed by atoms with Crippen LogP contribution in [-0.2, 0) is 20.7 Å². The minimum atomic E-state index is -0.594. The van der Waals surface area contributed by atoms with Crippen LogP contribution in [0.3, 0.4) is 0 Å². The largest absolute Gasteiger partial charge is 0.367 e. The molecule has 0 aliphatic carbocycles. The van der Waals surface area contributed by atoms with Crippen LogP contribution >= 0.6 is 11.6 Å². The van der Waals surface area contributed by atoms with Crippen LogP contribution in [0.15, 0.2) is 24.3 Å². The van der Waals surface area contributed by atoms with Gasteiger partial charge in [-0.2, -0.15) is 0 Å². The van der Waals surface area contributed by atoms with Crippen LogP contribution in [0.2, 0.25) is 5.02 Å². The first-order valence-electron chi connectivity index (χ1n) is 7.79. The molecule has 0 aromatic heterocycles. The molecule has 0 bridgehead atoms.